The smallest absolute Gasteiger partial charge is 0.116 e. The van der Waals surface area contributed by atoms with Gasteiger partial charge in [0.25, 0.3) is 0 Å². The van der Waals surface area contributed by atoms with E-state index in [4.69, 9.17) is 0 Å². The summed E-state index contributed by atoms with van der Waals surface area (Å²) in [5, 5.41) is 22.6. The lowest BCUT2D eigenvalue weighted by atomic mass is 10.2. The zero-order valence-electron chi connectivity index (χ0n) is 14.3. The lowest BCUT2D eigenvalue weighted by molar-refractivity contribution is 0.181. The van der Waals surface area contributed by atoms with E-state index in [1.54, 1.807) is 23.9 Å². The highest BCUT2D eigenvalue weighted by Gasteiger charge is 2.15. The highest BCUT2D eigenvalue weighted by Crippen LogP contribution is 2.33. The van der Waals surface area contributed by atoms with Crippen molar-refractivity contribution < 1.29 is 10.2 Å². The Kier molecular flexibility index (Phi) is 5.50. The third-order valence-corrected chi connectivity index (χ3v) is 6.57. The molecule has 0 aliphatic heterocycles. The number of hydrogen-bond acceptors (Lipinski definition) is 3. The number of aromatic nitrogens is 1. The molecule has 0 amide bonds. The zero-order valence-corrected chi connectivity index (χ0v) is 18.3. The standard InChI is InChI=1S/C21H17Br2NO2S/c22-13-4-6-20-18(8-13)19-9-14(23)5-7-21(19)24(20)11-16(26)12-27-17-3-1-2-15(25)10-17/h1-10,16,25-26H,11-12H2. The van der Waals surface area contributed by atoms with Gasteiger partial charge < -0.3 is 14.8 Å². The van der Waals surface area contributed by atoms with Crippen LogP contribution in [0.4, 0.5) is 0 Å². The highest BCUT2D eigenvalue weighted by atomic mass is 79.9. The molecule has 0 saturated heterocycles. The summed E-state index contributed by atoms with van der Waals surface area (Å²) in [6.45, 7) is 0.509. The molecule has 4 aromatic rings. The van der Waals surface area contributed by atoms with E-state index >= 15 is 0 Å². The molecule has 3 nitrogen and oxygen atoms in total. The van der Waals surface area contributed by atoms with Gasteiger partial charge in [-0.1, -0.05) is 37.9 Å². The van der Waals surface area contributed by atoms with Crippen LogP contribution < -0.4 is 0 Å². The predicted octanol–water partition coefficient (Wildman–Crippen LogP) is 6.18. The average Bonchev–Trinajstić information content (AvgIpc) is 2.92. The van der Waals surface area contributed by atoms with E-state index < -0.39 is 6.10 Å². The Morgan fingerprint density at radius 1 is 0.889 bits per heavy atom. The summed E-state index contributed by atoms with van der Waals surface area (Å²) in [6.07, 6.45) is -0.511. The van der Waals surface area contributed by atoms with E-state index in [1.807, 2.05) is 24.3 Å². The fourth-order valence-corrected chi connectivity index (χ4v) is 4.87. The minimum atomic E-state index is -0.511. The Labute approximate surface area is 178 Å². The second-order valence-corrected chi connectivity index (χ2v) is 9.32. The van der Waals surface area contributed by atoms with Gasteiger partial charge in [0.05, 0.1) is 6.10 Å². The fourth-order valence-electron chi connectivity index (χ4n) is 3.27. The SMILES string of the molecule is Oc1cccc(SCC(O)Cn2c3ccc(Br)cc3c3cc(Br)ccc32)c1. The van der Waals surface area contributed by atoms with Crippen molar-refractivity contribution in [2.45, 2.75) is 17.5 Å². The Bertz CT molecular complexity index is 1070. The molecular weight excluding hydrogens is 490 g/mol. The number of aromatic hydroxyl groups is 1. The fraction of sp³-hybridized carbons (Fsp3) is 0.143. The first-order chi connectivity index (χ1) is 13.0. The number of aliphatic hydroxyl groups is 1. The molecule has 4 rings (SSSR count). The molecule has 0 aliphatic carbocycles. The van der Waals surface area contributed by atoms with Crippen LogP contribution in [-0.4, -0.2) is 26.6 Å². The van der Waals surface area contributed by atoms with Crippen LogP contribution in [0.3, 0.4) is 0 Å². The van der Waals surface area contributed by atoms with Crippen LogP contribution >= 0.6 is 43.6 Å². The second kappa shape index (κ2) is 7.87. The molecule has 3 aromatic carbocycles. The third-order valence-electron chi connectivity index (χ3n) is 4.44. The number of thioether (sulfide) groups is 1. The molecule has 1 atom stereocenters. The minimum Gasteiger partial charge on any atom is -0.508 e. The monoisotopic (exact) mass is 505 g/mol. The van der Waals surface area contributed by atoms with Crippen LogP contribution in [0.25, 0.3) is 21.8 Å². The molecule has 1 aromatic heterocycles. The van der Waals surface area contributed by atoms with Gasteiger partial charge >= 0.3 is 0 Å². The summed E-state index contributed by atoms with van der Waals surface area (Å²) in [4.78, 5) is 0.948. The van der Waals surface area contributed by atoms with E-state index in [-0.39, 0.29) is 5.75 Å². The maximum absolute atomic E-state index is 10.7. The summed E-state index contributed by atoms with van der Waals surface area (Å²) in [5.41, 5.74) is 2.21. The van der Waals surface area contributed by atoms with Crippen LogP contribution in [0, 0.1) is 0 Å². The number of phenolic OH excluding ortho intramolecular Hbond substituents is 1. The Morgan fingerprint density at radius 3 is 2.11 bits per heavy atom. The first-order valence-corrected chi connectivity index (χ1v) is 11.1. The Morgan fingerprint density at radius 2 is 1.52 bits per heavy atom. The molecule has 1 unspecified atom stereocenters. The van der Waals surface area contributed by atoms with E-state index in [9.17, 15) is 10.2 Å². The van der Waals surface area contributed by atoms with Crippen molar-refractivity contribution >= 4 is 65.4 Å². The van der Waals surface area contributed by atoms with Gasteiger partial charge in [-0.3, -0.25) is 0 Å². The van der Waals surface area contributed by atoms with Crippen molar-refractivity contribution in [3.8, 4) is 5.75 Å². The molecule has 6 heteroatoms. The first-order valence-electron chi connectivity index (χ1n) is 8.48. The Hall–Kier alpha value is -1.47. The molecule has 138 valence electrons. The van der Waals surface area contributed by atoms with Crippen LogP contribution in [0.2, 0.25) is 0 Å². The van der Waals surface area contributed by atoms with Crippen LogP contribution in [0.5, 0.6) is 5.75 Å². The van der Waals surface area contributed by atoms with Crippen LogP contribution in [0.1, 0.15) is 0 Å². The zero-order chi connectivity index (χ0) is 19.0. The van der Waals surface area contributed by atoms with Gasteiger partial charge in [-0.2, -0.15) is 0 Å². The molecule has 0 radical (unpaired) electrons. The number of aliphatic hydroxyl groups excluding tert-OH is 1. The number of rotatable bonds is 5. The summed E-state index contributed by atoms with van der Waals surface area (Å²) >= 11 is 8.66. The number of hydrogen-bond donors (Lipinski definition) is 2. The van der Waals surface area contributed by atoms with Crippen molar-refractivity contribution in [2.24, 2.45) is 0 Å². The van der Waals surface area contributed by atoms with Crippen molar-refractivity contribution in [2.75, 3.05) is 5.75 Å². The maximum Gasteiger partial charge on any atom is 0.116 e. The lowest BCUT2D eigenvalue weighted by Crippen LogP contribution is -2.18. The summed E-state index contributed by atoms with van der Waals surface area (Å²) in [5.74, 6) is 0.797. The van der Waals surface area contributed by atoms with Crippen molar-refractivity contribution in [1.29, 1.82) is 0 Å². The number of phenols is 1. The van der Waals surface area contributed by atoms with Crippen LogP contribution in [-0.2, 0) is 6.54 Å². The minimum absolute atomic E-state index is 0.244. The summed E-state index contributed by atoms with van der Waals surface area (Å²) in [7, 11) is 0. The Balaban J connectivity index is 1.64. The van der Waals surface area contributed by atoms with Gasteiger partial charge in [-0.25, -0.2) is 0 Å². The normalized spacial score (nSPS) is 12.7. The molecular formula is C21H17Br2NO2S. The average molecular weight is 507 g/mol. The summed E-state index contributed by atoms with van der Waals surface area (Å²) in [6, 6.07) is 19.6. The van der Waals surface area contributed by atoms with Crippen molar-refractivity contribution in [3.63, 3.8) is 0 Å². The van der Waals surface area contributed by atoms with Crippen molar-refractivity contribution in [3.05, 3.63) is 69.6 Å². The number of fused-ring (bicyclic) bond motifs is 3. The molecule has 0 aliphatic rings. The van der Waals surface area contributed by atoms with Gasteiger partial charge in [0.1, 0.15) is 5.75 Å². The van der Waals surface area contributed by atoms with E-state index in [2.05, 4.69) is 60.7 Å². The first kappa shape index (κ1) is 18.9. The van der Waals surface area contributed by atoms with E-state index in [1.165, 1.54) is 0 Å². The second-order valence-electron chi connectivity index (χ2n) is 6.40. The molecule has 2 N–H and O–H groups in total. The predicted molar refractivity (Wildman–Crippen MR) is 120 cm³/mol. The van der Waals surface area contributed by atoms with Gasteiger partial charge in [0.15, 0.2) is 0 Å². The molecule has 0 bridgehead atoms. The van der Waals surface area contributed by atoms with Gasteiger partial charge in [-0.05, 0) is 54.6 Å². The highest BCUT2D eigenvalue weighted by molar-refractivity contribution is 9.10. The van der Waals surface area contributed by atoms with E-state index in [0.29, 0.717) is 12.3 Å². The van der Waals surface area contributed by atoms with Gasteiger partial charge in [-0.15, -0.1) is 11.8 Å². The number of halogens is 2. The molecule has 1 heterocycles. The molecule has 0 spiro atoms. The molecule has 0 saturated carbocycles. The topological polar surface area (TPSA) is 45.4 Å². The summed E-state index contributed by atoms with van der Waals surface area (Å²) < 4.78 is 4.25. The van der Waals surface area contributed by atoms with Gasteiger partial charge in [0, 0.05) is 47.9 Å². The maximum atomic E-state index is 10.7. The quantitative estimate of drug-likeness (QED) is 0.318. The third kappa shape index (κ3) is 4.04. The molecule has 0 fully saturated rings. The van der Waals surface area contributed by atoms with Crippen molar-refractivity contribution in [1.82, 2.24) is 4.57 Å². The number of nitrogens with zero attached hydrogens (tertiary/aromatic N) is 1. The lowest BCUT2D eigenvalue weighted by Gasteiger charge is -2.14. The van der Waals surface area contributed by atoms with Crippen LogP contribution in [0.15, 0.2) is 74.5 Å². The van der Waals surface area contributed by atoms with E-state index in [0.717, 1.165) is 35.6 Å². The molecule has 27 heavy (non-hydrogen) atoms. The number of benzene rings is 3. The largest absolute Gasteiger partial charge is 0.508 e. The van der Waals surface area contributed by atoms with Gasteiger partial charge in [0.2, 0.25) is 0 Å².